The topological polar surface area (TPSA) is 0 Å². The third-order valence-corrected chi connectivity index (χ3v) is 2.54. The third kappa shape index (κ3) is 1.84. The van der Waals surface area contributed by atoms with Crippen LogP contribution in [0.5, 0.6) is 0 Å². The summed E-state index contributed by atoms with van der Waals surface area (Å²) in [6.45, 7) is 9.99. The van der Waals surface area contributed by atoms with E-state index in [1.165, 1.54) is 11.1 Å². The van der Waals surface area contributed by atoms with E-state index in [9.17, 15) is 0 Å². The zero-order valence-electron chi connectivity index (χ0n) is 8.96. The van der Waals surface area contributed by atoms with Crippen molar-refractivity contribution < 1.29 is 0 Å². The van der Waals surface area contributed by atoms with Gasteiger partial charge in [-0.3, -0.25) is 0 Å². The second-order valence-electron chi connectivity index (χ2n) is 3.83. The molecule has 0 aliphatic heterocycles. The monoisotopic (exact) mass is 194 g/mol. The molecule has 0 unspecified atom stereocenters. The average Bonchev–Trinajstić information content (AvgIpc) is 2.62. The largest absolute Gasteiger partial charge is 0.0955 e. The van der Waals surface area contributed by atoms with E-state index in [4.69, 9.17) is 0 Å². The molecule has 0 saturated carbocycles. The quantitative estimate of drug-likeness (QED) is 0.663. The van der Waals surface area contributed by atoms with Crippen LogP contribution in [0.15, 0.2) is 72.4 Å². The zero-order valence-corrected chi connectivity index (χ0v) is 8.96. The Bertz CT molecular complexity index is 470. The molecule has 0 heteroatoms. The minimum absolute atomic E-state index is 1.06. The van der Waals surface area contributed by atoms with Crippen molar-refractivity contribution in [3.8, 4) is 0 Å². The van der Waals surface area contributed by atoms with Gasteiger partial charge in [-0.25, -0.2) is 0 Å². The van der Waals surface area contributed by atoms with Crippen LogP contribution < -0.4 is 0 Å². The van der Waals surface area contributed by atoms with Crippen molar-refractivity contribution in [2.75, 3.05) is 0 Å². The van der Waals surface area contributed by atoms with E-state index in [0.717, 1.165) is 16.7 Å². The predicted octanol–water partition coefficient (Wildman–Crippen LogP) is 4.14. The summed E-state index contributed by atoms with van der Waals surface area (Å²) < 4.78 is 0. The van der Waals surface area contributed by atoms with Gasteiger partial charge in [0.15, 0.2) is 0 Å². The molecule has 0 bridgehead atoms. The summed E-state index contributed by atoms with van der Waals surface area (Å²) in [5.74, 6) is 0. The lowest BCUT2D eigenvalue weighted by Crippen LogP contribution is -1.80. The van der Waals surface area contributed by atoms with E-state index in [1.807, 2.05) is 25.1 Å². The molecule has 0 atom stereocenters. The van der Waals surface area contributed by atoms with Crippen LogP contribution in [0.25, 0.3) is 5.57 Å². The molecule has 2 rings (SSSR count). The highest BCUT2D eigenvalue weighted by Gasteiger charge is 2.11. The van der Waals surface area contributed by atoms with Crippen LogP contribution in [-0.2, 0) is 0 Å². The van der Waals surface area contributed by atoms with Crippen LogP contribution in [0.4, 0.5) is 0 Å². The average molecular weight is 194 g/mol. The van der Waals surface area contributed by atoms with Crippen molar-refractivity contribution in [1.29, 1.82) is 0 Å². The molecule has 0 aromatic heterocycles. The fraction of sp³-hybridized carbons (Fsp3) is 0.0667. The van der Waals surface area contributed by atoms with Crippen LogP contribution in [0.1, 0.15) is 12.5 Å². The fourth-order valence-corrected chi connectivity index (χ4v) is 1.75. The van der Waals surface area contributed by atoms with E-state index in [1.54, 1.807) is 0 Å². The Morgan fingerprint density at radius 2 is 1.73 bits per heavy atom. The third-order valence-electron chi connectivity index (χ3n) is 2.54. The van der Waals surface area contributed by atoms with Gasteiger partial charge in [0.25, 0.3) is 0 Å². The predicted molar refractivity (Wildman–Crippen MR) is 66.5 cm³/mol. The highest BCUT2D eigenvalue weighted by atomic mass is 14.2. The summed E-state index contributed by atoms with van der Waals surface area (Å²) in [5, 5.41) is 0. The minimum Gasteiger partial charge on any atom is -0.0955 e. The van der Waals surface area contributed by atoms with E-state index >= 15 is 0 Å². The molecule has 15 heavy (non-hydrogen) atoms. The summed E-state index contributed by atoms with van der Waals surface area (Å²) >= 11 is 0. The summed E-state index contributed by atoms with van der Waals surface area (Å²) in [5.41, 5.74) is 5.74. The van der Waals surface area contributed by atoms with Gasteiger partial charge < -0.3 is 0 Å². The van der Waals surface area contributed by atoms with Crippen LogP contribution in [-0.4, -0.2) is 0 Å². The Balaban J connectivity index is 2.39. The molecule has 0 saturated heterocycles. The van der Waals surface area contributed by atoms with E-state index < -0.39 is 0 Å². The van der Waals surface area contributed by atoms with Gasteiger partial charge in [0.2, 0.25) is 0 Å². The summed E-state index contributed by atoms with van der Waals surface area (Å²) in [6, 6.07) is 10.3. The van der Waals surface area contributed by atoms with Crippen molar-refractivity contribution in [1.82, 2.24) is 0 Å². The molecule has 0 heterocycles. The van der Waals surface area contributed by atoms with E-state index in [0.29, 0.717) is 0 Å². The molecule has 1 aromatic rings. The first-order chi connectivity index (χ1) is 7.18. The van der Waals surface area contributed by atoms with E-state index in [-0.39, 0.29) is 0 Å². The number of allylic oxidation sites excluding steroid dienone is 6. The van der Waals surface area contributed by atoms with Crippen molar-refractivity contribution in [3.63, 3.8) is 0 Å². The zero-order chi connectivity index (χ0) is 10.8. The number of rotatable bonds is 2. The highest BCUT2D eigenvalue weighted by Crippen LogP contribution is 2.32. The van der Waals surface area contributed by atoms with Gasteiger partial charge >= 0.3 is 0 Å². The molecule has 0 amide bonds. The van der Waals surface area contributed by atoms with Crippen LogP contribution in [0, 0.1) is 0 Å². The molecular weight excluding hydrogens is 180 g/mol. The SMILES string of the molecule is C=C(C)C1=CC(c2ccccc2)=CC1=C. The smallest absolute Gasteiger partial charge is 0.0160 e. The Morgan fingerprint density at radius 3 is 2.27 bits per heavy atom. The Morgan fingerprint density at radius 1 is 1.07 bits per heavy atom. The van der Waals surface area contributed by atoms with Gasteiger partial charge in [-0.2, -0.15) is 0 Å². The normalized spacial score (nSPS) is 14.9. The Kier molecular flexibility index (Phi) is 2.42. The lowest BCUT2D eigenvalue weighted by molar-refractivity contribution is 1.43. The Hall–Kier alpha value is -1.82. The fourth-order valence-electron chi connectivity index (χ4n) is 1.75. The molecular formula is C15H14. The minimum atomic E-state index is 1.06. The van der Waals surface area contributed by atoms with Gasteiger partial charge in [-0.15, -0.1) is 0 Å². The van der Waals surface area contributed by atoms with Crippen LogP contribution in [0.3, 0.4) is 0 Å². The highest BCUT2D eigenvalue weighted by molar-refractivity contribution is 5.84. The number of hydrogen-bond donors (Lipinski definition) is 0. The van der Waals surface area contributed by atoms with Gasteiger partial charge in [0, 0.05) is 0 Å². The summed E-state index contributed by atoms with van der Waals surface area (Å²) in [4.78, 5) is 0. The molecule has 0 fully saturated rings. The molecule has 0 radical (unpaired) electrons. The maximum atomic E-state index is 4.03. The first-order valence-corrected chi connectivity index (χ1v) is 5.02. The van der Waals surface area contributed by atoms with Gasteiger partial charge in [0.05, 0.1) is 0 Å². The molecule has 1 aromatic carbocycles. The standard InChI is InChI=1S/C15H14/c1-11(2)15-10-14(9-12(15)3)13-7-5-4-6-8-13/h4-10H,1,3H2,2H3. The molecule has 0 spiro atoms. The van der Waals surface area contributed by atoms with Gasteiger partial charge in [0.1, 0.15) is 0 Å². The van der Waals surface area contributed by atoms with Crippen molar-refractivity contribution in [3.05, 3.63) is 77.9 Å². The second-order valence-corrected chi connectivity index (χ2v) is 3.83. The molecule has 1 aliphatic rings. The van der Waals surface area contributed by atoms with Gasteiger partial charge in [-0.05, 0) is 41.4 Å². The molecule has 0 N–H and O–H groups in total. The summed E-state index contributed by atoms with van der Waals surface area (Å²) in [7, 11) is 0. The van der Waals surface area contributed by atoms with Gasteiger partial charge in [-0.1, -0.05) is 49.1 Å². The maximum absolute atomic E-state index is 4.03. The van der Waals surface area contributed by atoms with Crippen molar-refractivity contribution in [2.24, 2.45) is 0 Å². The second kappa shape index (κ2) is 3.74. The van der Waals surface area contributed by atoms with Crippen molar-refractivity contribution >= 4 is 5.57 Å². The van der Waals surface area contributed by atoms with Crippen molar-refractivity contribution in [2.45, 2.75) is 6.92 Å². The first-order valence-electron chi connectivity index (χ1n) is 5.02. The lowest BCUT2D eigenvalue weighted by Gasteiger charge is -1.99. The van der Waals surface area contributed by atoms with E-state index in [2.05, 4.69) is 37.4 Å². The first kappa shape index (κ1) is 9.72. The number of benzene rings is 1. The molecule has 1 aliphatic carbocycles. The Labute approximate surface area is 91.0 Å². The maximum Gasteiger partial charge on any atom is -0.0160 e. The lowest BCUT2D eigenvalue weighted by atomic mass is 10.1. The summed E-state index contributed by atoms with van der Waals surface area (Å²) in [6.07, 6.45) is 4.26. The molecule has 0 nitrogen and oxygen atoms in total. The molecule has 74 valence electrons. The number of hydrogen-bond acceptors (Lipinski definition) is 0. The van der Waals surface area contributed by atoms with Crippen LogP contribution in [0.2, 0.25) is 0 Å². The van der Waals surface area contributed by atoms with Crippen LogP contribution >= 0.6 is 0 Å².